The monoisotopic (exact) mass is 738 g/mol. The highest BCUT2D eigenvalue weighted by Gasteiger charge is 2.66. The second-order valence-corrected chi connectivity index (χ2v) is 18.9. The number of esters is 1. The Labute approximate surface area is 311 Å². The van der Waals surface area contributed by atoms with E-state index in [1.54, 1.807) is 32.0 Å². The number of benzene rings is 1. The molecule has 276 valence electrons. The van der Waals surface area contributed by atoms with Crippen molar-refractivity contribution in [2.45, 2.75) is 124 Å². The number of allylic oxidation sites excluding steroid dienone is 2. The van der Waals surface area contributed by atoms with Crippen LogP contribution >= 0.6 is 23.2 Å². The summed E-state index contributed by atoms with van der Waals surface area (Å²) < 4.78 is 12.5. The number of aliphatic carboxylic acids is 1. The van der Waals surface area contributed by atoms with E-state index < -0.39 is 22.8 Å². The maximum atomic E-state index is 14.0. The number of carboxylic acids is 1. The molecule has 1 aromatic heterocycles. The van der Waals surface area contributed by atoms with Crippen molar-refractivity contribution >= 4 is 40.9 Å². The van der Waals surface area contributed by atoms with Crippen LogP contribution in [-0.2, 0) is 24.5 Å². The normalized spacial score (nSPS) is 36.3. The van der Waals surface area contributed by atoms with Crippen LogP contribution in [0.5, 0.6) is 0 Å². The molecule has 5 aliphatic rings. The average molecular weight is 740 g/mol. The number of halogens is 2. The van der Waals surface area contributed by atoms with E-state index in [9.17, 15) is 19.5 Å². The number of Topliss-reactive ketones (excluding diaryl/α,β-unsaturated/α-hetero) is 1. The molecule has 0 saturated heterocycles. The molecular weight excluding hydrogens is 687 g/mol. The lowest BCUT2D eigenvalue weighted by Gasteiger charge is -2.67. The minimum atomic E-state index is -1.16. The largest absolute Gasteiger partial charge is 0.481 e. The Morgan fingerprint density at radius 3 is 2.39 bits per heavy atom. The molecule has 9 unspecified atom stereocenters. The third-order valence-corrected chi connectivity index (χ3v) is 15.1. The number of fused-ring (bicyclic) bond motifs is 7. The van der Waals surface area contributed by atoms with Crippen LogP contribution in [-0.4, -0.2) is 39.1 Å². The van der Waals surface area contributed by atoms with Crippen molar-refractivity contribution in [3.05, 3.63) is 45.3 Å². The van der Waals surface area contributed by atoms with Gasteiger partial charge in [0.2, 0.25) is 11.8 Å². The third kappa shape index (κ3) is 5.71. The van der Waals surface area contributed by atoms with E-state index >= 15 is 0 Å². The number of hydrogen-bond acceptors (Lipinski definition) is 7. The van der Waals surface area contributed by atoms with E-state index in [0.29, 0.717) is 51.6 Å². The first-order chi connectivity index (χ1) is 23.9. The van der Waals surface area contributed by atoms with Crippen molar-refractivity contribution in [3.8, 4) is 11.5 Å². The summed E-state index contributed by atoms with van der Waals surface area (Å²) in [6, 6.07) is 5.23. The molecule has 2 aromatic rings. The van der Waals surface area contributed by atoms with E-state index in [2.05, 4.69) is 44.8 Å². The highest BCUT2D eigenvalue weighted by atomic mass is 35.5. The summed E-state index contributed by atoms with van der Waals surface area (Å²) in [7, 11) is 0. The fraction of sp³-hybridized carbons (Fsp3) is 0.683. The van der Waals surface area contributed by atoms with E-state index in [-0.39, 0.29) is 46.9 Å². The quantitative estimate of drug-likeness (QED) is 0.279. The van der Waals surface area contributed by atoms with Gasteiger partial charge in [-0.15, -0.1) is 10.2 Å². The molecule has 0 aliphatic heterocycles. The summed E-state index contributed by atoms with van der Waals surface area (Å²) in [5.41, 5.74) is 1.32. The molecule has 7 rings (SSSR count). The molecule has 1 N–H and O–H groups in total. The highest BCUT2D eigenvalue weighted by molar-refractivity contribution is 6.36. The number of nitrogens with zero attached hydrogens (tertiary/aromatic N) is 2. The molecule has 0 spiro atoms. The maximum Gasteiger partial charge on any atom is 0.309 e. The molecule has 9 atom stereocenters. The van der Waals surface area contributed by atoms with Gasteiger partial charge in [0.15, 0.2) is 5.78 Å². The number of hydrogen-bond donors (Lipinski definition) is 1. The second kappa shape index (κ2) is 12.7. The van der Waals surface area contributed by atoms with E-state index in [0.717, 1.165) is 56.9 Å². The number of rotatable bonds is 7. The Hall–Kier alpha value is -2.71. The number of aromatic nitrogens is 2. The van der Waals surface area contributed by atoms with Crippen LogP contribution in [0.25, 0.3) is 11.5 Å². The summed E-state index contributed by atoms with van der Waals surface area (Å²) >= 11 is 12.7. The van der Waals surface area contributed by atoms with Crippen molar-refractivity contribution in [1.82, 2.24) is 10.2 Å². The molecule has 1 heterocycles. The Morgan fingerprint density at radius 2 is 1.71 bits per heavy atom. The Kier molecular flexibility index (Phi) is 9.13. The summed E-state index contributed by atoms with van der Waals surface area (Å²) in [5, 5.41) is 19.6. The first-order valence-corrected chi connectivity index (χ1v) is 19.7. The summed E-state index contributed by atoms with van der Waals surface area (Å²) in [6.07, 6.45) is 7.90. The van der Waals surface area contributed by atoms with Gasteiger partial charge < -0.3 is 14.3 Å². The van der Waals surface area contributed by atoms with Gasteiger partial charge in [0.05, 0.1) is 27.8 Å². The Morgan fingerprint density at radius 1 is 1.02 bits per heavy atom. The fourth-order valence-corrected chi connectivity index (χ4v) is 12.6. The minimum absolute atomic E-state index is 0.0971. The number of carbonyl (C=O) groups is 3. The first kappa shape index (κ1) is 36.6. The predicted molar refractivity (Wildman–Crippen MR) is 195 cm³/mol. The predicted octanol–water partition coefficient (Wildman–Crippen LogP) is 9.91. The van der Waals surface area contributed by atoms with Crippen LogP contribution in [0.3, 0.4) is 0 Å². The molecule has 4 saturated carbocycles. The number of carbonyl (C=O) groups excluding carboxylic acids is 2. The highest BCUT2D eigenvalue weighted by Crippen LogP contribution is 2.71. The van der Waals surface area contributed by atoms with Gasteiger partial charge in [-0.1, -0.05) is 57.8 Å². The van der Waals surface area contributed by atoms with Crippen LogP contribution in [0.4, 0.5) is 0 Å². The van der Waals surface area contributed by atoms with Crippen LogP contribution in [0, 0.1) is 51.8 Å². The SMILES string of the molecule is CC(C)C1=C2C3CCC4C(C)(CCC5C(C)C(OC(=O)CC(C)(C)C(=O)O)CCC54C)C3CCC2(c2nnc(-c3ccc(Cl)cc3Cl)o2)CC1=O. The van der Waals surface area contributed by atoms with Crippen LogP contribution < -0.4 is 0 Å². The Balaban J connectivity index is 1.17. The van der Waals surface area contributed by atoms with Crippen LogP contribution in [0.2, 0.25) is 10.0 Å². The van der Waals surface area contributed by atoms with Gasteiger partial charge in [-0.2, -0.15) is 0 Å². The molecule has 8 nitrogen and oxygen atoms in total. The molecule has 5 aliphatic carbocycles. The third-order valence-electron chi connectivity index (χ3n) is 14.6. The summed E-state index contributed by atoms with van der Waals surface area (Å²) in [5.74, 6) is 1.61. The van der Waals surface area contributed by atoms with Gasteiger partial charge >= 0.3 is 11.9 Å². The number of ketones is 1. The lowest BCUT2D eigenvalue weighted by atomic mass is 9.38. The van der Waals surface area contributed by atoms with Crippen molar-refractivity contribution < 1.29 is 28.6 Å². The number of ether oxygens (including phenoxy) is 1. The topological polar surface area (TPSA) is 120 Å². The fourth-order valence-electron chi connectivity index (χ4n) is 12.2. The Bertz CT molecular complexity index is 1800. The zero-order chi connectivity index (χ0) is 36.8. The van der Waals surface area contributed by atoms with Gasteiger partial charge in [0, 0.05) is 11.4 Å². The van der Waals surface area contributed by atoms with Gasteiger partial charge in [-0.05, 0) is 141 Å². The van der Waals surface area contributed by atoms with Crippen molar-refractivity contribution in [3.63, 3.8) is 0 Å². The standard InChI is InChI=1S/C41H52Cl2N2O6/c1-21(2)33-29(46)19-41(36-45-44-35(51-36)25-9-8-23(42)18-28(25)43)17-13-27-24(34(33)41)10-11-31-39(6)16-14-30(22(3)26(39)12-15-40(27,31)7)50-32(47)20-38(4,5)37(48)49/h8-9,18,21-22,24,26-27,30-31H,10-17,19-20H2,1-7H3,(H,48,49). The zero-order valence-corrected chi connectivity index (χ0v) is 32.5. The molecular formula is C41H52Cl2N2O6. The van der Waals surface area contributed by atoms with Crippen molar-refractivity contribution in [1.29, 1.82) is 0 Å². The lowest BCUT2D eigenvalue weighted by Crippen LogP contribution is -2.61. The minimum Gasteiger partial charge on any atom is -0.481 e. The molecule has 51 heavy (non-hydrogen) atoms. The first-order valence-electron chi connectivity index (χ1n) is 18.9. The smallest absolute Gasteiger partial charge is 0.309 e. The van der Waals surface area contributed by atoms with E-state index in [1.807, 2.05) is 0 Å². The molecule has 10 heteroatoms. The van der Waals surface area contributed by atoms with Crippen LogP contribution in [0.15, 0.2) is 33.8 Å². The number of carboxylic acid groups (broad SMARTS) is 1. The molecule has 4 fully saturated rings. The summed E-state index contributed by atoms with van der Waals surface area (Å²) in [6.45, 7) is 14.7. The van der Waals surface area contributed by atoms with Gasteiger partial charge in [0.25, 0.3) is 0 Å². The zero-order valence-electron chi connectivity index (χ0n) is 31.0. The molecule has 0 bridgehead atoms. The van der Waals surface area contributed by atoms with E-state index in [1.165, 1.54) is 5.57 Å². The van der Waals surface area contributed by atoms with Crippen LogP contribution in [0.1, 0.15) is 119 Å². The lowest BCUT2D eigenvalue weighted by molar-refractivity contribution is -0.191. The van der Waals surface area contributed by atoms with Gasteiger partial charge in [0.1, 0.15) is 6.10 Å². The second-order valence-electron chi connectivity index (χ2n) is 18.0. The molecule has 0 amide bonds. The van der Waals surface area contributed by atoms with Gasteiger partial charge in [-0.25, -0.2) is 0 Å². The van der Waals surface area contributed by atoms with Crippen molar-refractivity contribution in [2.75, 3.05) is 0 Å². The molecule has 0 radical (unpaired) electrons. The average Bonchev–Trinajstić information content (AvgIpc) is 3.65. The van der Waals surface area contributed by atoms with E-state index in [4.69, 9.17) is 32.4 Å². The molecule has 1 aromatic carbocycles. The van der Waals surface area contributed by atoms with Gasteiger partial charge in [-0.3, -0.25) is 14.4 Å². The van der Waals surface area contributed by atoms with Crippen molar-refractivity contribution in [2.24, 2.45) is 51.8 Å². The summed E-state index contributed by atoms with van der Waals surface area (Å²) in [4.78, 5) is 38.6. The maximum absolute atomic E-state index is 14.0.